The Kier molecular flexibility index (Phi) is 3.49. The van der Waals surface area contributed by atoms with Gasteiger partial charge in [-0.2, -0.15) is 0 Å². The minimum absolute atomic E-state index is 0.104. The first kappa shape index (κ1) is 13.4. The average molecular weight is 346 g/mol. The first-order valence-electron chi connectivity index (χ1n) is 5.94. The zero-order valence-corrected chi connectivity index (χ0v) is 12.1. The molecule has 21 heavy (non-hydrogen) atoms. The molecule has 2 heterocycles. The third-order valence-corrected chi connectivity index (χ3v) is 3.41. The molecule has 1 aromatic carbocycles. The highest BCUT2D eigenvalue weighted by atomic mass is 79.9. The van der Waals surface area contributed by atoms with Crippen molar-refractivity contribution in [2.24, 2.45) is 0 Å². The maximum atomic E-state index is 11.2. The van der Waals surface area contributed by atoms with Crippen molar-refractivity contribution in [3.05, 3.63) is 52.6 Å². The fourth-order valence-corrected chi connectivity index (χ4v) is 2.25. The lowest BCUT2D eigenvalue weighted by atomic mass is 10.1. The van der Waals surface area contributed by atoms with E-state index >= 15 is 0 Å². The van der Waals surface area contributed by atoms with E-state index in [1.165, 1.54) is 6.07 Å². The van der Waals surface area contributed by atoms with Gasteiger partial charge in [0.25, 0.3) is 5.89 Å². The second-order valence-corrected chi connectivity index (χ2v) is 4.95. The van der Waals surface area contributed by atoms with E-state index in [1.54, 1.807) is 36.5 Å². The molecule has 0 spiro atoms. The van der Waals surface area contributed by atoms with Crippen LogP contribution in [0.4, 0.5) is 0 Å². The van der Waals surface area contributed by atoms with Crippen molar-refractivity contribution in [1.29, 1.82) is 0 Å². The summed E-state index contributed by atoms with van der Waals surface area (Å²) in [4.78, 5) is 15.4. The van der Waals surface area contributed by atoms with Gasteiger partial charge in [0.2, 0.25) is 5.89 Å². The lowest BCUT2D eigenvalue weighted by Gasteiger charge is -2.00. The van der Waals surface area contributed by atoms with E-state index in [0.717, 1.165) is 0 Å². The average Bonchev–Trinajstić information content (AvgIpc) is 2.97. The van der Waals surface area contributed by atoms with Crippen molar-refractivity contribution in [2.45, 2.75) is 0 Å². The first-order valence-corrected chi connectivity index (χ1v) is 6.73. The smallest absolute Gasteiger partial charge is 0.336 e. The summed E-state index contributed by atoms with van der Waals surface area (Å²) in [5, 5.41) is 17.0. The maximum absolute atomic E-state index is 11.2. The zero-order valence-electron chi connectivity index (χ0n) is 10.5. The molecule has 0 aliphatic carbocycles. The highest BCUT2D eigenvalue weighted by Crippen LogP contribution is 2.28. The number of carboxylic acid groups (broad SMARTS) is 1. The molecule has 3 rings (SSSR count). The van der Waals surface area contributed by atoms with Gasteiger partial charge in [0.15, 0.2) is 0 Å². The van der Waals surface area contributed by atoms with Crippen molar-refractivity contribution >= 4 is 21.9 Å². The number of aromatic nitrogens is 3. The number of pyridine rings is 1. The minimum Gasteiger partial charge on any atom is -0.478 e. The molecule has 104 valence electrons. The Hall–Kier alpha value is -2.54. The molecule has 1 N–H and O–H groups in total. The summed E-state index contributed by atoms with van der Waals surface area (Å²) in [5.74, 6) is -0.692. The molecule has 0 atom stereocenters. The van der Waals surface area contributed by atoms with Gasteiger partial charge < -0.3 is 9.52 Å². The van der Waals surface area contributed by atoms with Crippen molar-refractivity contribution in [3.63, 3.8) is 0 Å². The number of carboxylic acids is 1. The van der Waals surface area contributed by atoms with E-state index in [0.29, 0.717) is 15.7 Å². The zero-order chi connectivity index (χ0) is 14.8. The van der Waals surface area contributed by atoms with Gasteiger partial charge in [-0.3, -0.25) is 0 Å². The van der Waals surface area contributed by atoms with Crippen molar-refractivity contribution in [3.8, 4) is 23.0 Å². The fraction of sp³-hybridized carbons (Fsp3) is 0. The van der Waals surface area contributed by atoms with E-state index in [-0.39, 0.29) is 17.3 Å². The van der Waals surface area contributed by atoms with Crippen LogP contribution in [-0.4, -0.2) is 26.3 Å². The van der Waals surface area contributed by atoms with Crippen LogP contribution in [-0.2, 0) is 0 Å². The van der Waals surface area contributed by atoms with Crippen LogP contribution in [0.25, 0.3) is 23.0 Å². The van der Waals surface area contributed by atoms with Gasteiger partial charge in [0, 0.05) is 10.7 Å². The number of rotatable bonds is 3. The molecule has 0 bridgehead atoms. The summed E-state index contributed by atoms with van der Waals surface area (Å²) in [7, 11) is 0. The second kappa shape index (κ2) is 5.45. The molecule has 0 aliphatic rings. The first-order chi connectivity index (χ1) is 10.2. The van der Waals surface area contributed by atoms with Crippen molar-refractivity contribution < 1.29 is 14.3 Å². The van der Waals surface area contributed by atoms with Crippen LogP contribution in [0, 0.1) is 0 Å². The van der Waals surface area contributed by atoms with E-state index in [4.69, 9.17) is 4.42 Å². The number of benzene rings is 1. The summed E-state index contributed by atoms with van der Waals surface area (Å²) in [6.07, 6.45) is 1.61. The van der Waals surface area contributed by atoms with Gasteiger partial charge >= 0.3 is 5.97 Å². The van der Waals surface area contributed by atoms with Crippen LogP contribution >= 0.6 is 15.9 Å². The molecular weight excluding hydrogens is 338 g/mol. The number of aromatic carboxylic acids is 1. The van der Waals surface area contributed by atoms with E-state index in [2.05, 4.69) is 31.1 Å². The Morgan fingerprint density at radius 3 is 2.62 bits per heavy atom. The molecule has 2 aromatic heterocycles. The minimum atomic E-state index is -1.05. The number of halogens is 1. The van der Waals surface area contributed by atoms with Crippen molar-refractivity contribution in [1.82, 2.24) is 15.2 Å². The Morgan fingerprint density at radius 1 is 1.10 bits per heavy atom. The van der Waals surface area contributed by atoms with Crippen LogP contribution in [0.5, 0.6) is 0 Å². The molecule has 0 fully saturated rings. The number of nitrogens with zero attached hydrogens (tertiary/aromatic N) is 3. The Balaban J connectivity index is 2.08. The Bertz CT molecular complexity index is 816. The molecule has 3 aromatic rings. The van der Waals surface area contributed by atoms with Crippen LogP contribution in [0.3, 0.4) is 0 Å². The molecule has 7 heteroatoms. The van der Waals surface area contributed by atoms with E-state index in [9.17, 15) is 9.90 Å². The van der Waals surface area contributed by atoms with Crippen LogP contribution in [0.1, 0.15) is 10.4 Å². The predicted molar refractivity (Wildman–Crippen MR) is 77.6 cm³/mol. The largest absolute Gasteiger partial charge is 0.478 e. The second-order valence-electron chi connectivity index (χ2n) is 4.10. The monoisotopic (exact) mass is 345 g/mol. The maximum Gasteiger partial charge on any atom is 0.336 e. The standard InChI is InChI=1S/C14H8BrN3O3/c15-10-6-3-7-16-11(10)13-18-17-12(21-13)8-4-1-2-5-9(8)14(19)20/h1-7H,(H,19,20). The van der Waals surface area contributed by atoms with Crippen LogP contribution in [0.2, 0.25) is 0 Å². The van der Waals surface area contributed by atoms with Gasteiger partial charge in [0.05, 0.1) is 11.1 Å². The number of hydrogen-bond donors (Lipinski definition) is 1. The SMILES string of the molecule is O=C(O)c1ccccc1-c1nnc(-c2ncccc2Br)o1. The van der Waals surface area contributed by atoms with Crippen LogP contribution < -0.4 is 0 Å². The molecular formula is C14H8BrN3O3. The lowest BCUT2D eigenvalue weighted by Crippen LogP contribution is -1.98. The number of carbonyl (C=O) groups is 1. The third kappa shape index (κ3) is 2.55. The molecule has 0 aliphatic heterocycles. The lowest BCUT2D eigenvalue weighted by molar-refractivity contribution is 0.0697. The molecule has 0 amide bonds. The van der Waals surface area contributed by atoms with Gasteiger partial charge in [-0.1, -0.05) is 12.1 Å². The fourth-order valence-electron chi connectivity index (χ4n) is 1.83. The molecule has 0 saturated heterocycles. The van der Waals surface area contributed by atoms with Gasteiger partial charge in [-0.15, -0.1) is 10.2 Å². The quantitative estimate of drug-likeness (QED) is 0.783. The summed E-state index contributed by atoms with van der Waals surface area (Å²) in [5.41, 5.74) is 0.979. The molecule has 0 radical (unpaired) electrons. The van der Waals surface area contributed by atoms with E-state index < -0.39 is 5.97 Å². The Morgan fingerprint density at radius 2 is 1.86 bits per heavy atom. The van der Waals surface area contributed by atoms with Gasteiger partial charge in [-0.05, 0) is 40.2 Å². The third-order valence-electron chi connectivity index (χ3n) is 2.77. The predicted octanol–water partition coefficient (Wildman–Crippen LogP) is 3.26. The topological polar surface area (TPSA) is 89.1 Å². The summed E-state index contributed by atoms with van der Waals surface area (Å²) in [6.45, 7) is 0. The van der Waals surface area contributed by atoms with Gasteiger partial charge in [0.1, 0.15) is 5.69 Å². The van der Waals surface area contributed by atoms with E-state index in [1.807, 2.05) is 0 Å². The highest BCUT2D eigenvalue weighted by molar-refractivity contribution is 9.10. The number of hydrogen-bond acceptors (Lipinski definition) is 5. The van der Waals surface area contributed by atoms with Crippen LogP contribution in [0.15, 0.2) is 51.5 Å². The molecule has 0 saturated carbocycles. The molecule has 6 nitrogen and oxygen atoms in total. The highest BCUT2D eigenvalue weighted by Gasteiger charge is 2.18. The molecule has 0 unspecified atom stereocenters. The van der Waals surface area contributed by atoms with Gasteiger partial charge in [-0.25, -0.2) is 9.78 Å². The summed E-state index contributed by atoms with van der Waals surface area (Å²) >= 11 is 3.35. The Labute approximate surface area is 127 Å². The summed E-state index contributed by atoms with van der Waals surface area (Å²) < 4.78 is 6.26. The normalized spacial score (nSPS) is 10.5. The van der Waals surface area contributed by atoms with Crippen molar-refractivity contribution in [2.75, 3.05) is 0 Å². The summed E-state index contributed by atoms with van der Waals surface area (Å²) in [6, 6.07) is 10.0.